The van der Waals surface area contributed by atoms with Crippen LogP contribution >= 0.6 is 0 Å². The van der Waals surface area contributed by atoms with Crippen molar-refractivity contribution in [2.75, 3.05) is 29.9 Å². The maximum Gasteiger partial charge on any atom is 0.178 e. The predicted molar refractivity (Wildman–Crippen MR) is 86.5 cm³/mol. The molecule has 4 heterocycles. The van der Waals surface area contributed by atoms with Gasteiger partial charge in [-0.15, -0.1) is 15.3 Å². The molecule has 23 heavy (non-hydrogen) atoms. The average molecular weight is 310 g/mol. The van der Waals surface area contributed by atoms with Gasteiger partial charge in [0.25, 0.3) is 0 Å². The molecule has 1 fully saturated rings. The number of rotatable bonds is 4. The lowest BCUT2D eigenvalue weighted by Crippen LogP contribution is -2.50. The number of fused-ring (bicyclic) bond motifs is 1. The van der Waals surface area contributed by atoms with E-state index in [1.165, 1.54) is 0 Å². The maximum atomic E-state index is 4.60. The molecule has 3 aromatic rings. The molecule has 118 valence electrons. The molecule has 0 bridgehead atoms. The van der Waals surface area contributed by atoms with Crippen LogP contribution < -0.4 is 10.2 Å². The summed E-state index contributed by atoms with van der Waals surface area (Å²) in [5.74, 6) is 4.03. The zero-order valence-electron chi connectivity index (χ0n) is 13.1. The first-order chi connectivity index (χ1) is 11.2. The van der Waals surface area contributed by atoms with Crippen molar-refractivity contribution in [3.63, 3.8) is 0 Å². The van der Waals surface area contributed by atoms with E-state index < -0.39 is 0 Å². The van der Waals surface area contributed by atoms with Crippen LogP contribution in [0.25, 0.3) is 5.65 Å². The zero-order chi connectivity index (χ0) is 15.8. The highest BCUT2D eigenvalue weighted by molar-refractivity contribution is 5.47. The van der Waals surface area contributed by atoms with Crippen LogP contribution in [-0.4, -0.2) is 49.4 Å². The molecule has 0 radical (unpaired) electrons. The Labute approximate surface area is 133 Å². The van der Waals surface area contributed by atoms with Crippen LogP contribution in [0.2, 0.25) is 0 Å². The summed E-state index contributed by atoms with van der Waals surface area (Å²) in [6.07, 6.45) is 1.78. The summed E-state index contributed by atoms with van der Waals surface area (Å²) in [7, 11) is 0. The van der Waals surface area contributed by atoms with Crippen molar-refractivity contribution in [2.24, 2.45) is 5.92 Å². The summed E-state index contributed by atoms with van der Waals surface area (Å²) in [6.45, 7) is 6.67. The molecule has 8 heteroatoms. The van der Waals surface area contributed by atoms with Gasteiger partial charge in [-0.25, -0.2) is 9.97 Å². The van der Waals surface area contributed by atoms with Gasteiger partial charge < -0.3 is 10.2 Å². The van der Waals surface area contributed by atoms with E-state index in [1.54, 1.807) is 10.7 Å². The van der Waals surface area contributed by atoms with Gasteiger partial charge in [-0.1, -0.05) is 0 Å². The fraction of sp³-hybridized carbons (Fsp3) is 0.400. The largest absolute Gasteiger partial charge is 0.370 e. The third-order valence-electron chi connectivity index (χ3n) is 4.03. The minimum Gasteiger partial charge on any atom is -0.370 e. The molecule has 0 spiro atoms. The Morgan fingerprint density at radius 2 is 2.04 bits per heavy atom. The molecule has 1 aliphatic heterocycles. The van der Waals surface area contributed by atoms with Crippen molar-refractivity contribution in [3.05, 3.63) is 36.0 Å². The maximum absolute atomic E-state index is 4.60. The molecule has 0 aromatic carbocycles. The number of hydrogen-bond acceptors (Lipinski definition) is 7. The van der Waals surface area contributed by atoms with Gasteiger partial charge in [0.05, 0.1) is 0 Å². The Kier molecular flexibility index (Phi) is 3.29. The molecule has 0 amide bonds. The SMILES string of the molecule is Cc1nccc(NCC2CN(c3ccc4nnc(C)n4n3)C2)n1. The third-order valence-corrected chi connectivity index (χ3v) is 4.03. The summed E-state index contributed by atoms with van der Waals surface area (Å²) in [5.41, 5.74) is 0.782. The zero-order valence-corrected chi connectivity index (χ0v) is 13.1. The van der Waals surface area contributed by atoms with Crippen molar-refractivity contribution in [1.82, 2.24) is 29.8 Å². The van der Waals surface area contributed by atoms with Gasteiger partial charge in [-0.2, -0.15) is 4.52 Å². The molecular weight excluding hydrogens is 292 g/mol. The second kappa shape index (κ2) is 5.45. The first kappa shape index (κ1) is 13.9. The van der Waals surface area contributed by atoms with Crippen molar-refractivity contribution >= 4 is 17.3 Å². The Bertz CT molecular complexity index is 836. The predicted octanol–water partition coefficient (Wildman–Crippen LogP) is 1.08. The van der Waals surface area contributed by atoms with Gasteiger partial charge >= 0.3 is 0 Å². The lowest BCUT2D eigenvalue weighted by Gasteiger charge is -2.40. The van der Waals surface area contributed by atoms with Gasteiger partial charge in [0.15, 0.2) is 11.5 Å². The summed E-state index contributed by atoms with van der Waals surface area (Å²) in [6, 6.07) is 5.85. The highest BCUT2D eigenvalue weighted by atomic mass is 15.4. The number of anilines is 2. The lowest BCUT2D eigenvalue weighted by atomic mass is 10.0. The number of nitrogens with zero attached hydrogens (tertiary/aromatic N) is 7. The van der Waals surface area contributed by atoms with Crippen molar-refractivity contribution < 1.29 is 0 Å². The lowest BCUT2D eigenvalue weighted by molar-refractivity contribution is 0.424. The number of aromatic nitrogens is 6. The Morgan fingerprint density at radius 1 is 1.17 bits per heavy atom. The fourth-order valence-corrected chi connectivity index (χ4v) is 2.74. The molecule has 3 aromatic heterocycles. The Hall–Kier alpha value is -2.77. The minimum atomic E-state index is 0.588. The van der Waals surface area contributed by atoms with E-state index in [1.807, 2.05) is 32.0 Å². The first-order valence-corrected chi connectivity index (χ1v) is 7.66. The second-order valence-electron chi connectivity index (χ2n) is 5.85. The van der Waals surface area contributed by atoms with E-state index in [4.69, 9.17) is 0 Å². The standard InChI is InChI=1S/C15H18N8/c1-10-16-6-5-13(18-10)17-7-12-8-22(9-12)15-4-3-14-20-19-11(2)23(14)21-15/h3-6,12H,7-9H2,1-2H3,(H,16,17,18). The van der Waals surface area contributed by atoms with Gasteiger partial charge in [0, 0.05) is 31.7 Å². The molecule has 8 nitrogen and oxygen atoms in total. The van der Waals surface area contributed by atoms with Crippen LogP contribution in [0.3, 0.4) is 0 Å². The van der Waals surface area contributed by atoms with Gasteiger partial charge in [0.1, 0.15) is 17.5 Å². The van der Waals surface area contributed by atoms with Crippen LogP contribution in [0.4, 0.5) is 11.6 Å². The Morgan fingerprint density at radius 3 is 2.87 bits per heavy atom. The van der Waals surface area contributed by atoms with Crippen LogP contribution in [0.5, 0.6) is 0 Å². The fourth-order valence-electron chi connectivity index (χ4n) is 2.74. The van der Waals surface area contributed by atoms with Crippen LogP contribution in [-0.2, 0) is 0 Å². The second-order valence-corrected chi connectivity index (χ2v) is 5.85. The van der Waals surface area contributed by atoms with E-state index in [-0.39, 0.29) is 0 Å². The molecule has 0 unspecified atom stereocenters. The smallest absolute Gasteiger partial charge is 0.178 e. The van der Waals surface area contributed by atoms with E-state index in [9.17, 15) is 0 Å². The molecule has 0 aliphatic carbocycles. The first-order valence-electron chi connectivity index (χ1n) is 7.66. The highest BCUT2D eigenvalue weighted by Crippen LogP contribution is 2.23. The van der Waals surface area contributed by atoms with Crippen molar-refractivity contribution in [2.45, 2.75) is 13.8 Å². The third kappa shape index (κ3) is 2.67. The van der Waals surface area contributed by atoms with E-state index in [0.717, 1.165) is 48.6 Å². The molecule has 4 rings (SSSR count). The molecular formula is C15H18N8. The summed E-state index contributed by atoms with van der Waals surface area (Å²) in [5, 5.41) is 16.1. The number of aryl methyl sites for hydroxylation is 2. The number of hydrogen-bond donors (Lipinski definition) is 1. The minimum absolute atomic E-state index is 0.588. The molecule has 0 saturated carbocycles. The van der Waals surface area contributed by atoms with E-state index in [0.29, 0.717) is 5.92 Å². The van der Waals surface area contributed by atoms with Gasteiger partial charge in [-0.3, -0.25) is 0 Å². The summed E-state index contributed by atoms with van der Waals surface area (Å²) < 4.78 is 1.78. The van der Waals surface area contributed by atoms with Gasteiger partial charge in [-0.05, 0) is 32.0 Å². The van der Waals surface area contributed by atoms with Gasteiger partial charge in [0.2, 0.25) is 0 Å². The normalized spacial score (nSPS) is 15.0. The molecule has 1 N–H and O–H groups in total. The highest BCUT2D eigenvalue weighted by Gasteiger charge is 2.28. The van der Waals surface area contributed by atoms with E-state index >= 15 is 0 Å². The van der Waals surface area contributed by atoms with Crippen LogP contribution in [0.1, 0.15) is 11.6 Å². The Balaban J connectivity index is 1.36. The van der Waals surface area contributed by atoms with Crippen LogP contribution in [0.15, 0.2) is 24.4 Å². The average Bonchev–Trinajstić information content (AvgIpc) is 2.87. The van der Waals surface area contributed by atoms with Crippen molar-refractivity contribution in [1.29, 1.82) is 0 Å². The van der Waals surface area contributed by atoms with Crippen LogP contribution in [0, 0.1) is 19.8 Å². The number of nitrogens with one attached hydrogen (secondary N) is 1. The molecule has 1 aliphatic rings. The summed E-state index contributed by atoms with van der Waals surface area (Å²) >= 11 is 0. The monoisotopic (exact) mass is 310 g/mol. The molecule has 0 atom stereocenters. The molecule has 1 saturated heterocycles. The topological polar surface area (TPSA) is 84.1 Å². The summed E-state index contributed by atoms with van der Waals surface area (Å²) in [4.78, 5) is 10.7. The van der Waals surface area contributed by atoms with E-state index in [2.05, 4.69) is 35.5 Å². The quantitative estimate of drug-likeness (QED) is 0.772. The van der Waals surface area contributed by atoms with Crippen molar-refractivity contribution in [3.8, 4) is 0 Å².